The largest absolute Gasteiger partial charge is 0.464 e. The van der Waals surface area contributed by atoms with Crippen molar-refractivity contribution in [3.05, 3.63) is 23.5 Å². The van der Waals surface area contributed by atoms with E-state index in [2.05, 4.69) is 4.74 Å². The monoisotopic (exact) mass is 242 g/mol. The van der Waals surface area contributed by atoms with Gasteiger partial charge in [-0.1, -0.05) is 0 Å². The fraction of sp³-hybridized carbons (Fsp3) is 0.364. The SMILES string of the molecule is CCOC(=O)C(O)c1cc(F)c2c(c1)OCO2. The van der Waals surface area contributed by atoms with Crippen LogP contribution in [0.15, 0.2) is 12.1 Å². The van der Waals surface area contributed by atoms with Gasteiger partial charge in [0.25, 0.3) is 0 Å². The van der Waals surface area contributed by atoms with E-state index in [1.165, 1.54) is 6.07 Å². The Morgan fingerprint density at radius 1 is 1.59 bits per heavy atom. The summed E-state index contributed by atoms with van der Waals surface area (Å²) in [5.41, 5.74) is 0.0743. The van der Waals surface area contributed by atoms with Crippen LogP contribution in [0.25, 0.3) is 0 Å². The standard InChI is InChI=1S/C11H11FO5/c1-2-15-11(14)9(13)6-3-7(12)10-8(4-6)16-5-17-10/h3-4,9,13H,2,5H2,1H3. The van der Waals surface area contributed by atoms with Crippen LogP contribution in [0.1, 0.15) is 18.6 Å². The quantitative estimate of drug-likeness (QED) is 0.805. The summed E-state index contributed by atoms with van der Waals surface area (Å²) in [6.07, 6.45) is -1.53. The number of halogens is 1. The summed E-state index contributed by atoms with van der Waals surface area (Å²) >= 11 is 0. The molecule has 0 radical (unpaired) electrons. The van der Waals surface area contributed by atoms with Crippen molar-refractivity contribution in [1.82, 2.24) is 0 Å². The lowest BCUT2D eigenvalue weighted by atomic mass is 10.1. The molecule has 0 aromatic heterocycles. The van der Waals surface area contributed by atoms with Gasteiger partial charge in [0.1, 0.15) is 0 Å². The van der Waals surface area contributed by atoms with Crippen molar-refractivity contribution in [2.24, 2.45) is 0 Å². The van der Waals surface area contributed by atoms with Gasteiger partial charge in [-0.3, -0.25) is 0 Å². The predicted molar refractivity (Wildman–Crippen MR) is 54.1 cm³/mol. The molecule has 0 fully saturated rings. The lowest BCUT2D eigenvalue weighted by Crippen LogP contribution is -2.15. The van der Waals surface area contributed by atoms with Gasteiger partial charge in [-0.15, -0.1) is 0 Å². The van der Waals surface area contributed by atoms with Gasteiger partial charge >= 0.3 is 5.97 Å². The minimum Gasteiger partial charge on any atom is -0.464 e. The highest BCUT2D eigenvalue weighted by atomic mass is 19.1. The number of aliphatic hydroxyl groups is 1. The molecule has 0 bridgehead atoms. The van der Waals surface area contributed by atoms with Gasteiger partial charge in [-0.2, -0.15) is 0 Å². The number of fused-ring (bicyclic) bond motifs is 1. The highest BCUT2D eigenvalue weighted by Crippen LogP contribution is 2.37. The van der Waals surface area contributed by atoms with Crippen LogP contribution in [-0.4, -0.2) is 24.5 Å². The van der Waals surface area contributed by atoms with Gasteiger partial charge in [0.15, 0.2) is 17.7 Å². The van der Waals surface area contributed by atoms with Crippen LogP contribution in [0.3, 0.4) is 0 Å². The van der Waals surface area contributed by atoms with Crippen LogP contribution in [0.2, 0.25) is 0 Å². The minimum atomic E-state index is -1.53. The average Bonchev–Trinajstić information content (AvgIpc) is 2.77. The highest BCUT2D eigenvalue weighted by molar-refractivity contribution is 5.76. The second-order valence-electron chi connectivity index (χ2n) is 3.39. The maximum atomic E-state index is 13.5. The molecule has 1 N–H and O–H groups in total. The first-order valence-corrected chi connectivity index (χ1v) is 5.07. The van der Waals surface area contributed by atoms with Gasteiger partial charge in [0.2, 0.25) is 12.5 Å². The number of hydrogen-bond acceptors (Lipinski definition) is 5. The number of carbonyl (C=O) groups is 1. The number of aliphatic hydroxyl groups excluding tert-OH is 1. The molecule has 1 aliphatic rings. The maximum Gasteiger partial charge on any atom is 0.339 e. The Balaban J connectivity index is 2.28. The predicted octanol–water partition coefficient (Wildman–Crippen LogP) is 1.15. The minimum absolute atomic E-state index is 0.00944. The third-order valence-corrected chi connectivity index (χ3v) is 2.28. The van der Waals surface area contributed by atoms with E-state index in [4.69, 9.17) is 9.47 Å². The highest BCUT2D eigenvalue weighted by Gasteiger charge is 2.25. The molecule has 1 aliphatic heterocycles. The van der Waals surface area contributed by atoms with Crippen LogP contribution >= 0.6 is 0 Å². The molecule has 0 aliphatic carbocycles. The van der Waals surface area contributed by atoms with Crippen molar-refractivity contribution in [3.63, 3.8) is 0 Å². The van der Waals surface area contributed by atoms with Gasteiger partial charge < -0.3 is 19.3 Å². The fourth-order valence-electron chi connectivity index (χ4n) is 1.50. The topological polar surface area (TPSA) is 65.0 Å². The summed E-state index contributed by atoms with van der Waals surface area (Å²) in [4.78, 5) is 11.3. The Hall–Kier alpha value is -1.82. The van der Waals surface area contributed by atoms with Gasteiger partial charge in [-0.05, 0) is 24.6 Å². The van der Waals surface area contributed by atoms with Crippen molar-refractivity contribution in [1.29, 1.82) is 0 Å². The van der Waals surface area contributed by atoms with E-state index in [1.54, 1.807) is 6.92 Å². The van der Waals surface area contributed by atoms with E-state index in [-0.39, 0.29) is 30.5 Å². The zero-order chi connectivity index (χ0) is 12.4. The maximum absolute atomic E-state index is 13.5. The number of rotatable bonds is 3. The third kappa shape index (κ3) is 2.16. The molecule has 6 heteroatoms. The van der Waals surface area contributed by atoms with E-state index in [0.29, 0.717) is 0 Å². The molecule has 1 aromatic carbocycles. The first-order valence-electron chi connectivity index (χ1n) is 5.07. The third-order valence-electron chi connectivity index (χ3n) is 2.28. The fourth-order valence-corrected chi connectivity index (χ4v) is 1.50. The number of ether oxygens (including phenoxy) is 3. The molecular formula is C11H11FO5. The number of carbonyl (C=O) groups excluding carboxylic acids is 1. The average molecular weight is 242 g/mol. The van der Waals surface area contributed by atoms with Crippen LogP contribution in [0, 0.1) is 5.82 Å². The van der Waals surface area contributed by atoms with E-state index >= 15 is 0 Å². The molecule has 0 saturated heterocycles. The van der Waals surface area contributed by atoms with Crippen LogP contribution < -0.4 is 9.47 Å². The summed E-state index contributed by atoms with van der Waals surface area (Å²) in [6, 6.07) is 2.38. The lowest BCUT2D eigenvalue weighted by Gasteiger charge is -2.10. The van der Waals surface area contributed by atoms with Gasteiger partial charge in [0, 0.05) is 0 Å². The zero-order valence-corrected chi connectivity index (χ0v) is 9.10. The van der Waals surface area contributed by atoms with Gasteiger partial charge in [-0.25, -0.2) is 9.18 Å². The summed E-state index contributed by atoms with van der Waals surface area (Å²) in [7, 11) is 0. The Kier molecular flexibility index (Phi) is 3.14. The molecule has 0 saturated carbocycles. The second-order valence-corrected chi connectivity index (χ2v) is 3.39. The van der Waals surface area contributed by atoms with Crippen molar-refractivity contribution in [3.8, 4) is 11.5 Å². The molecular weight excluding hydrogens is 231 g/mol. The Morgan fingerprint density at radius 2 is 2.35 bits per heavy atom. The van der Waals surface area contributed by atoms with Gasteiger partial charge in [0.05, 0.1) is 6.61 Å². The molecule has 1 unspecified atom stereocenters. The molecule has 92 valence electrons. The first-order chi connectivity index (χ1) is 8.13. The molecule has 2 rings (SSSR count). The molecule has 5 nitrogen and oxygen atoms in total. The smallest absolute Gasteiger partial charge is 0.339 e. The summed E-state index contributed by atoms with van der Waals surface area (Å²) in [5.74, 6) is -1.35. The van der Waals surface area contributed by atoms with E-state index < -0.39 is 17.9 Å². The van der Waals surface area contributed by atoms with Crippen LogP contribution in [0.4, 0.5) is 4.39 Å². The molecule has 1 aromatic rings. The second kappa shape index (κ2) is 4.58. The molecule has 0 spiro atoms. The number of benzene rings is 1. The summed E-state index contributed by atoms with van der Waals surface area (Å²) in [6.45, 7) is 1.68. The van der Waals surface area contributed by atoms with Crippen LogP contribution in [0.5, 0.6) is 11.5 Å². The van der Waals surface area contributed by atoms with Crippen molar-refractivity contribution in [2.45, 2.75) is 13.0 Å². The summed E-state index contributed by atoms with van der Waals surface area (Å²) in [5, 5.41) is 9.64. The zero-order valence-electron chi connectivity index (χ0n) is 9.10. The Bertz CT molecular complexity index is 446. The number of hydrogen-bond donors (Lipinski definition) is 1. The molecule has 0 amide bonds. The van der Waals surface area contributed by atoms with E-state index in [0.717, 1.165) is 6.07 Å². The molecule has 17 heavy (non-hydrogen) atoms. The number of esters is 1. The van der Waals surface area contributed by atoms with Crippen molar-refractivity contribution < 1.29 is 28.5 Å². The van der Waals surface area contributed by atoms with E-state index in [1.807, 2.05) is 0 Å². The van der Waals surface area contributed by atoms with E-state index in [9.17, 15) is 14.3 Å². The molecule has 1 heterocycles. The molecule has 1 atom stereocenters. The first kappa shape index (κ1) is 11.7. The van der Waals surface area contributed by atoms with Crippen molar-refractivity contribution in [2.75, 3.05) is 13.4 Å². The van der Waals surface area contributed by atoms with Crippen LogP contribution in [-0.2, 0) is 9.53 Å². The Labute approximate surface area is 96.7 Å². The normalized spacial score (nSPS) is 14.5. The Morgan fingerprint density at radius 3 is 3.06 bits per heavy atom. The summed E-state index contributed by atoms with van der Waals surface area (Å²) < 4.78 is 28.0. The van der Waals surface area contributed by atoms with Crippen molar-refractivity contribution >= 4 is 5.97 Å². The lowest BCUT2D eigenvalue weighted by molar-refractivity contribution is -0.153.